The van der Waals surface area contributed by atoms with E-state index in [1.54, 1.807) is 0 Å². The second-order valence-electron chi connectivity index (χ2n) is 11.6. The van der Waals surface area contributed by atoms with Crippen LogP contribution in [0.15, 0.2) is 146 Å². The molecule has 0 unspecified atom stereocenters. The van der Waals surface area contributed by atoms with Crippen molar-refractivity contribution < 1.29 is 0 Å². The van der Waals surface area contributed by atoms with Gasteiger partial charge in [-0.15, -0.1) is 22.7 Å². The highest BCUT2D eigenvalue weighted by molar-refractivity contribution is 7.27. The van der Waals surface area contributed by atoms with Crippen LogP contribution >= 0.6 is 22.7 Å². The molecule has 44 heavy (non-hydrogen) atoms. The molecule has 0 atom stereocenters. The summed E-state index contributed by atoms with van der Waals surface area (Å²) in [5.41, 5.74) is 5.14. The van der Waals surface area contributed by atoms with Gasteiger partial charge in [0.05, 0.1) is 0 Å². The molecule has 0 aliphatic carbocycles. The molecule has 10 rings (SSSR count). The number of hydrogen-bond donors (Lipinski definition) is 0. The Morgan fingerprint density at radius 1 is 0.295 bits per heavy atom. The Kier molecular flexibility index (Phi) is 5.13. The average Bonchev–Trinajstić information content (AvgIpc) is 3.63. The van der Waals surface area contributed by atoms with E-state index in [2.05, 4.69) is 146 Å². The molecule has 0 spiro atoms. The Morgan fingerprint density at radius 2 is 0.818 bits per heavy atom. The van der Waals surface area contributed by atoms with Gasteiger partial charge >= 0.3 is 0 Å². The molecule has 0 aliphatic heterocycles. The molecule has 0 nitrogen and oxygen atoms in total. The van der Waals surface area contributed by atoms with Crippen LogP contribution in [-0.4, -0.2) is 0 Å². The van der Waals surface area contributed by atoms with E-state index in [9.17, 15) is 0 Å². The predicted octanol–water partition coefficient (Wildman–Crippen LogP) is 13.2. The first-order chi connectivity index (χ1) is 21.8. The molecule has 204 valence electrons. The van der Waals surface area contributed by atoms with E-state index in [-0.39, 0.29) is 0 Å². The van der Waals surface area contributed by atoms with Crippen LogP contribution in [0.1, 0.15) is 0 Å². The molecular weight excluding hydrogens is 569 g/mol. The van der Waals surface area contributed by atoms with Crippen LogP contribution in [-0.2, 0) is 0 Å². The molecule has 0 fully saturated rings. The third-order valence-electron chi connectivity index (χ3n) is 9.23. The van der Waals surface area contributed by atoms with Gasteiger partial charge in [-0.1, -0.05) is 115 Å². The summed E-state index contributed by atoms with van der Waals surface area (Å²) in [6.07, 6.45) is 0. The van der Waals surface area contributed by atoms with Gasteiger partial charge < -0.3 is 0 Å². The smallest absolute Gasteiger partial charge is 0.0362 e. The molecule has 0 saturated carbocycles. The molecule has 0 aliphatic rings. The average molecular weight is 593 g/mol. The Bertz CT molecular complexity index is 2700. The molecule has 0 amide bonds. The summed E-state index contributed by atoms with van der Waals surface area (Å²) in [7, 11) is 0. The largest absolute Gasteiger partial charge is 0.135 e. The zero-order chi connectivity index (χ0) is 28.8. The zero-order valence-corrected chi connectivity index (χ0v) is 25.3. The van der Waals surface area contributed by atoms with Crippen molar-refractivity contribution in [2.45, 2.75) is 0 Å². The first kappa shape index (κ1) is 24.4. The van der Waals surface area contributed by atoms with Crippen LogP contribution in [0.4, 0.5) is 0 Å². The first-order valence-corrected chi connectivity index (χ1v) is 16.6. The van der Waals surface area contributed by atoms with Crippen LogP contribution in [0, 0.1) is 0 Å². The lowest BCUT2D eigenvalue weighted by atomic mass is 9.86. The van der Waals surface area contributed by atoms with E-state index in [0.717, 1.165) is 0 Å². The number of rotatable bonds is 2. The standard InChI is InChI=1S/C42H24S2/c1-2-11-26(12-3-1)40-29-14-6-8-16-31(29)41(32-17-9-7-15-30(32)40)27-19-20-36-33(22-27)34-23-39-35(24-38(34)43-36)42-28-13-5-4-10-25(28)18-21-37(42)44-39/h1-24H. The van der Waals surface area contributed by atoms with Gasteiger partial charge in [-0.05, 0) is 84.9 Å². The Morgan fingerprint density at radius 3 is 1.55 bits per heavy atom. The highest BCUT2D eigenvalue weighted by Gasteiger charge is 2.18. The normalized spacial score (nSPS) is 12.1. The molecule has 0 radical (unpaired) electrons. The molecule has 10 aromatic rings. The van der Waals surface area contributed by atoms with E-state index < -0.39 is 0 Å². The zero-order valence-electron chi connectivity index (χ0n) is 23.7. The van der Waals surface area contributed by atoms with Gasteiger partial charge in [0.1, 0.15) is 0 Å². The maximum atomic E-state index is 2.45. The number of hydrogen-bond acceptors (Lipinski definition) is 2. The summed E-state index contributed by atoms with van der Waals surface area (Å²) in [5, 5.41) is 13.3. The number of thiophene rings is 2. The van der Waals surface area contributed by atoms with Gasteiger partial charge in [0.2, 0.25) is 0 Å². The van der Waals surface area contributed by atoms with Crippen molar-refractivity contribution in [2.75, 3.05) is 0 Å². The van der Waals surface area contributed by atoms with Crippen molar-refractivity contribution in [3.63, 3.8) is 0 Å². The maximum absolute atomic E-state index is 2.45. The summed E-state index contributed by atoms with van der Waals surface area (Å²) in [6, 6.07) is 54.0. The lowest BCUT2D eigenvalue weighted by Crippen LogP contribution is -1.90. The summed E-state index contributed by atoms with van der Waals surface area (Å²) in [5.74, 6) is 0. The summed E-state index contributed by atoms with van der Waals surface area (Å²) in [6.45, 7) is 0. The fourth-order valence-electron chi connectivity index (χ4n) is 7.33. The van der Waals surface area contributed by atoms with Crippen LogP contribution in [0.2, 0.25) is 0 Å². The van der Waals surface area contributed by atoms with E-state index in [1.165, 1.54) is 94.9 Å². The molecule has 2 heterocycles. The fourth-order valence-corrected chi connectivity index (χ4v) is 9.58. The van der Waals surface area contributed by atoms with Crippen LogP contribution in [0.3, 0.4) is 0 Å². The third kappa shape index (κ3) is 3.44. The summed E-state index contributed by atoms with van der Waals surface area (Å²) < 4.78 is 5.41. The quantitative estimate of drug-likeness (QED) is 0.175. The SMILES string of the molecule is c1ccc(-c2c3ccccc3c(-c3ccc4sc5cc6c(cc5c4c3)sc3ccc4ccccc4c36)c3ccccc23)cc1. The molecule has 2 aromatic heterocycles. The highest BCUT2D eigenvalue weighted by Crippen LogP contribution is 2.47. The van der Waals surface area contributed by atoms with Gasteiger partial charge in [0.25, 0.3) is 0 Å². The van der Waals surface area contributed by atoms with Crippen molar-refractivity contribution in [1.29, 1.82) is 0 Å². The second-order valence-corrected chi connectivity index (χ2v) is 13.8. The van der Waals surface area contributed by atoms with Gasteiger partial charge in [0, 0.05) is 40.3 Å². The second kappa shape index (κ2) is 9.24. The lowest BCUT2D eigenvalue weighted by molar-refractivity contribution is 1.66. The molecule has 0 N–H and O–H groups in total. The van der Waals surface area contributed by atoms with Crippen molar-refractivity contribution in [3.8, 4) is 22.3 Å². The molecule has 2 heteroatoms. The molecule has 0 saturated heterocycles. The predicted molar refractivity (Wildman–Crippen MR) is 196 cm³/mol. The van der Waals surface area contributed by atoms with Crippen LogP contribution < -0.4 is 0 Å². The molecule has 0 bridgehead atoms. The Labute approximate surface area is 262 Å². The maximum Gasteiger partial charge on any atom is 0.0362 e. The van der Waals surface area contributed by atoms with Crippen molar-refractivity contribution >= 4 is 95.3 Å². The van der Waals surface area contributed by atoms with E-state index >= 15 is 0 Å². The van der Waals surface area contributed by atoms with Gasteiger partial charge in [0.15, 0.2) is 0 Å². The van der Waals surface area contributed by atoms with Crippen LogP contribution in [0.5, 0.6) is 0 Å². The van der Waals surface area contributed by atoms with Gasteiger partial charge in [-0.25, -0.2) is 0 Å². The van der Waals surface area contributed by atoms with Gasteiger partial charge in [-0.3, -0.25) is 0 Å². The summed E-state index contributed by atoms with van der Waals surface area (Å²) >= 11 is 3.82. The highest BCUT2D eigenvalue weighted by atomic mass is 32.1. The molecular formula is C42H24S2. The minimum absolute atomic E-state index is 1.26. The number of fused-ring (bicyclic) bond motifs is 10. The molecule has 8 aromatic carbocycles. The minimum Gasteiger partial charge on any atom is -0.135 e. The third-order valence-corrected chi connectivity index (χ3v) is 11.5. The Hall–Kier alpha value is -5.02. The minimum atomic E-state index is 1.26. The van der Waals surface area contributed by atoms with Gasteiger partial charge in [-0.2, -0.15) is 0 Å². The fraction of sp³-hybridized carbons (Fsp3) is 0. The monoisotopic (exact) mass is 592 g/mol. The summed E-state index contributed by atoms with van der Waals surface area (Å²) in [4.78, 5) is 0. The Balaban J connectivity index is 1.26. The van der Waals surface area contributed by atoms with E-state index in [4.69, 9.17) is 0 Å². The lowest BCUT2D eigenvalue weighted by Gasteiger charge is -2.17. The van der Waals surface area contributed by atoms with Crippen molar-refractivity contribution in [3.05, 3.63) is 146 Å². The van der Waals surface area contributed by atoms with E-state index in [0.29, 0.717) is 0 Å². The number of benzene rings is 8. The van der Waals surface area contributed by atoms with Crippen LogP contribution in [0.25, 0.3) is 94.9 Å². The van der Waals surface area contributed by atoms with E-state index in [1.807, 2.05) is 22.7 Å². The first-order valence-electron chi connectivity index (χ1n) is 15.0. The van der Waals surface area contributed by atoms with Crippen molar-refractivity contribution in [2.24, 2.45) is 0 Å². The topological polar surface area (TPSA) is 0 Å². The van der Waals surface area contributed by atoms with Crippen molar-refractivity contribution in [1.82, 2.24) is 0 Å².